The molecule has 2 fully saturated rings. The number of fused-ring (bicyclic) bond motifs is 2. The molecule has 45 heavy (non-hydrogen) atoms. The second-order valence-electron chi connectivity index (χ2n) is 12.7. The number of carbonyl (C=O) groups excluding carboxylic acids is 3. The molecule has 0 aliphatic carbocycles. The number of rotatable bonds is 9. The Bertz CT molecular complexity index is 1490. The third kappa shape index (κ3) is 4.97. The summed E-state index contributed by atoms with van der Waals surface area (Å²) in [4.78, 5) is 49.3. The third-order valence-corrected chi connectivity index (χ3v) is 9.92. The first-order valence-electron chi connectivity index (χ1n) is 16.1. The van der Waals surface area contributed by atoms with Crippen LogP contribution in [0.25, 0.3) is 0 Å². The number of hydrogen-bond donors (Lipinski definition) is 1. The predicted octanol–water partition coefficient (Wildman–Crippen LogP) is 4.28. The van der Waals surface area contributed by atoms with Crippen molar-refractivity contribution in [3.8, 4) is 5.75 Å². The van der Waals surface area contributed by atoms with E-state index in [-0.39, 0.29) is 30.4 Å². The van der Waals surface area contributed by atoms with Gasteiger partial charge >= 0.3 is 0 Å². The maximum atomic E-state index is 14.9. The van der Waals surface area contributed by atoms with Crippen LogP contribution in [0, 0.1) is 11.8 Å². The topological polar surface area (TPSA) is 99.6 Å². The van der Waals surface area contributed by atoms with Crippen LogP contribution >= 0.6 is 0 Å². The van der Waals surface area contributed by atoms with Crippen molar-refractivity contribution in [2.45, 2.75) is 69.9 Å². The van der Waals surface area contributed by atoms with E-state index in [2.05, 4.69) is 6.92 Å². The van der Waals surface area contributed by atoms with Crippen LogP contribution in [0.2, 0.25) is 0 Å². The molecule has 7 atom stereocenters. The maximum Gasteiger partial charge on any atom is 0.249 e. The summed E-state index contributed by atoms with van der Waals surface area (Å²) in [5.74, 6) is -2.02. The van der Waals surface area contributed by atoms with Crippen LogP contribution in [0.3, 0.4) is 0 Å². The number of amides is 3. The second-order valence-corrected chi connectivity index (χ2v) is 12.7. The quantitative estimate of drug-likeness (QED) is 0.424. The average Bonchev–Trinajstić information content (AvgIpc) is 3.30. The van der Waals surface area contributed by atoms with E-state index < -0.39 is 35.1 Å². The molecule has 1 N–H and O–H groups in total. The van der Waals surface area contributed by atoms with Gasteiger partial charge in [0.15, 0.2) is 0 Å². The Labute approximate surface area is 265 Å². The van der Waals surface area contributed by atoms with Crippen LogP contribution in [0.15, 0.2) is 78.9 Å². The Hall–Kier alpha value is -3.95. The van der Waals surface area contributed by atoms with Gasteiger partial charge in [-0.25, -0.2) is 0 Å². The van der Waals surface area contributed by atoms with Crippen LogP contribution in [-0.4, -0.2) is 82.2 Å². The van der Waals surface area contributed by atoms with E-state index in [9.17, 15) is 19.5 Å². The van der Waals surface area contributed by atoms with Gasteiger partial charge < -0.3 is 29.3 Å². The normalized spacial score (nSPS) is 30.5. The van der Waals surface area contributed by atoms with Gasteiger partial charge in [0.1, 0.15) is 17.4 Å². The summed E-state index contributed by atoms with van der Waals surface area (Å²) in [6.07, 6.45) is 9.26. The van der Waals surface area contributed by atoms with Crippen molar-refractivity contribution in [1.82, 2.24) is 9.80 Å². The Balaban J connectivity index is 1.48. The number of aliphatic hydroxyl groups is 1. The molecule has 2 aromatic carbocycles. The zero-order chi connectivity index (χ0) is 31.9. The Morgan fingerprint density at radius 1 is 0.933 bits per heavy atom. The highest BCUT2D eigenvalue weighted by Gasteiger charge is 2.75. The SMILES string of the molecule is CCCC(C)N1CC=C[C@]23O[C@]4(C)C=CCN(c5ccc(OCC)cc5)C(=O)[C@@H]4[C@H]2C(=O)N([C@H](CO)c2ccccc2)C3C1=O. The smallest absolute Gasteiger partial charge is 0.249 e. The van der Waals surface area contributed by atoms with Crippen LogP contribution in [0.1, 0.15) is 52.1 Å². The fourth-order valence-electron chi connectivity index (χ4n) is 7.93. The molecule has 1 spiro atoms. The van der Waals surface area contributed by atoms with Crippen LogP contribution in [0.4, 0.5) is 5.69 Å². The first-order valence-corrected chi connectivity index (χ1v) is 16.1. The van der Waals surface area contributed by atoms with Gasteiger partial charge in [0.25, 0.3) is 0 Å². The first-order chi connectivity index (χ1) is 21.7. The van der Waals surface area contributed by atoms with E-state index in [4.69, 9.17) is 9.47 Å². The van der Waals surface area contributed by atoms with E-state index in [0.29, 0.717) is 36.7 Å². The van der Waals surface area contributed by atoms with Gasteiger partial charge in [-0.1, -0.05) is 68.0 Å². The van der Waals surface area contributed by atoms with Gasteiger partial charge in [0.05, 0.1) is 36.7 Å². The van der Waals surface area contributed by atoms with Crippen molar-refractivity contribution < 1.29 is 29.0 Å². The fourth-order valence-corrected chi connectivity index (χ4v) is 7.93. The molecular weight excluding hydrogens is 570 g/mol. The molecule has 3 amide bonds. The van der Waals surface area contributed by atoms with Crippen molar-refractivity contribution in [3.63, 3.8) is 0 Å². The molecule has 0 aromatic heterocycles. The number of carbonyl (C=O) groups is 3. The summed E-state index contributed by atoms with van der Waals surface area (Å²) >= 11 is 0. The van der Waals surface area contributed by atoms with E-state index in [0.717, 1.165) is 12.8 Å². The Morgan fingerprint density at radius 2 is 1.64 bits per heavy atom. The van der Waals surface area contributed by atoms with E-state index in [1.807, 2.05) is 105 Å². The molecule has 2 saturated heterocycles. The number of benzene rings is 2. The number of aliphatic hydroxyl groups excluding tert-OH is 1. The number of anilines is 1. The van der Waals surface area contributed by atoms with Crippen molar-refractivity contribution in [1.29, 1.82) is 0 Å². The molecule has 0 bridgehead atoms. The van der Waals surface area contributed by atoms with Crippen LogP contribution < -0.4 is 9.64 Å². The lowest BCUT2D eigenvalue weighted by Crippen LogP contribution is -2.58. The van der Waals surface area contributed by atoms with Gasteiger partial charge in [0, 0.05) is 24.8 Å². The highest BCUT2D eigenvalue weighted by Crippen LogP contribution is 2.59. The molecule has 6 rings (SSSR count). The predicted molar refractivity (Wildman–Crippen MR) is 170 cm³/mol. The van der Waals surface area contributed by atoms with Gasteiger partial charge in [0.2, 0.25) is 17.7 Å². The van der Waals surface area contributed by atoms with Gasteiger partial charge in [-0.3, -0.25) is 14.4 Å². The molecule has 238 valence electrons. The molecule has 4 heterocycles. The molecule has 4 aliphatic heterocycles. The Kier molecular flexibility index (Phi) is 8.35. The summed E-state index contributed by atoms with van der Waals surface area (Å²) in [5.41, 5.74) is -1.15. The lowest BCUT2D eigenvalue weighted by Gasteiger charge is -2.41. The summed E-state index contributed by atoms with van der Waals surface area (Å²) in [6.45, 7) is 8.69. The number of hydrogen-bond acceptors (Lipinski definition) is 6. The lowest BCUT2D eigenvalue weighted by atomic mass is 9.74. The molecule has 4 aliphatic rings. The zero-order valence-corrected chi connectivity index (χ0v) is 26.5. The number of nitrogens with zero attached hydrogens (tertiary/aromatic N) is 3. The molecule has 2 unspecified atom stereocenters. The fraction of sp³-hybridized carbons (Fsp3) is 0.472. The minimum Gasteiger partial charge on any atom is -0.494 e. The minimum atomic E-state index is -1.40. The zero-order valence-electron chi connectivity index (χ0n) is 26.5. The van der Waals surface area contributed by atoms with E-state index >= 15 is 0 Å². The van der Waals surface area contributed by atoms with E-state index in [1.165, 1.54) is 4.90 Å². The minimum absolute atomic E-state index is 0.0678. The Morgan fingerprint density at radius 3 is 2.31 bits per heavy atom. The van der Waals surface area contributed by atoms with Crippen LogP contribution in [0.5, 0.6) is 5.75 Å². The van der Waals surface area contributed by atoms with Crippen molar-refractivity contribution >= 4 is 23.4 Å². The molecule has 0 radical (unpaired) electrons. The highest BCUT2D eigenvalue weighted by atomic mass is 16.5. The highest BCUT2D eigenvalue weighted by molar-refractivity contribution is 6.04. The number of likely N-dealkylation sites (tertiary alicyclic amines) is 1. The summed E-state index contributed by atoms with van der Waals surface area (Å²) in [5, 5.41) is 10.8. The van der Waals surface area contributed by atoms with Crippen molar-refractivity contribution in [2.24, 2.45) is 11.8 Å². The molecule has 9 heteroatoms. The largest absolute Gasteiger partial charge is 0.494 e. The summed E-state index contributed by atoms with van der Waals surface area (Å²) in [6, 6.07) is 14.7. The van der Waals surface area contributed by atoms with Crippen molar-refractivity contribution in [2.75, 3.05) is 31.2 Å². The van der Waals surface area contributed by atoms with Gasteiger partial charge in [-0.2, -0.15) is 0 Å². The monoisotopic (exact) mass is 613 g/mol. The van der Waals surface area contributed by atoms with Gasteiger partial charge in [-0.05, 0) is 57.0 Å². The second kappa shape index (κ2) is 12.1. The summed E-state index contributed by atoms with van der Waals surface area (Å²) < 4.78 is 12.6. The first kappa shape index (κ1) is 31.0. The van der Waals surface area contributed by atoms with E-state index in [1.54, 1.807) is 4.90 Å². The third-order valence-electron chi connectivity index (χ3n) is 9.92. The standard InChI is InChI=1S/C36H43N3O6/c1-5-12-24(3)37-21-11-20-36-30(33(42)39(31(36)34(37)43)28(23-40)25-13-8-7-9-14-25)29-32(41)38(22-10-19-35(29,4)45-36)26-15-17-27(18-16-26)44-6-2/h7-11,13-20,24,28-31,40H,5-6,12,21-23H2,1-4H3/t24?,28-,29+,30+,31?,35-,36+/m1/s1. The molecule has 0 saturated carbocycles. The number of ether oxygens (including phenoxy) is 2. The molecule has 9 nitrogen and oxygen atoms in total. The molecular formula is C36H43N3O6. The van der Waals surface area contributed by atoms with Crippen molar-refractivity contribution in [3.05, 3.63) is 84.5 Å². The lowest BCUT2D eigenvalue weighted by molar-refractivity contribution is -0.155. The van der Waals surface area contributed by atoms with Crippen LogP contribution in [-0.2, 0) is 19.1 Å². The summed E-state index contributed by atoms with van der Waals surface area (Å²) in [7, 11) is 0. The average molecular weight is 614 g/mol. The maximum absolute atomic E-state index is 14.9. The van der Waals surface area contributed by atoms with Gasteiger partial charge in [-0.15, -0.1) is 0 Å². The molecule has 2 aromatic rings.